The van der Waals surface area contributed by atoms with Crippen LogP contribution < -0.4 is 15.0 Å². The van der Waals surface area contributed by atoms with Crippen LogP contribution in [0.5, 0.6) is 5.75 Å². The molecule has 3 aromatic rings. The van der Waals surface area contributed by atoms with Crippen LogP contribution in [-0.4, -0.2) is 35.8 Å². The van der Waals surface area contributed by atoms with Gasteiger partial charge in [-0.25, -0.2) is 0 Å². The van der Waals surface area contributed by atoms with Gasteiger partial charge in [-0.2, -0.15) is 0 Å². The van der Waals surface area contributed by atoms with Crippen molar-refractivity contribution < 1.29 is 9.53 Å². The molecule has 166 valence electrons. The fourth-order valence-electron chi connectivity index (χ4n) is 3.72. The van der Waals surface area contributed by atoms with Crippen molar-refractivity contribution in [3.05, 3.63) is 66.2 Å². The van der Waals surface area contributed by atoms with Crippen molar-refractivity contribution in [2.75, 3.05) is 29.9 Å². The van der Waals surface area contributed by atoms with Crippen molar-refractivity contribution in [3.63, 3.8) is 0 Å². The molecule has 0 aliphatic carbocycles. The van der Waals surface area contributed by atoms with Crippen molar-refractivity contribution in [1.29, 1.82) is 0 Å². The number of rotatable bonds is 6. The molecule has 0 saturated carbocycles. The minimum absolute atomic E-state index is 0.0416. The number of hydrogen-bond donors (Lipinski definition) is 1. The largest absolute Gasteiger partial charge is 0.484 e. The van der Waals surface area contributed by atoms with Crippen LogP contribution in [0.4, 0.5) is 11.5 Å². The number of ether oxygens (including phenoxy) is 1. The molecule has 1 aliphatic rings. The molecule has 2 heterocycles. The molecule has 4 rings (SSSR count). The summed E-state index contributed by atoms with van der Waals surface area (Å²) < 4.78 is 5.62. The van der Waals surface area contributed by atoms with Crippen LogP contribution in [0.3, 0.4) is 0 Å². The van der Waals surface area contributed by atoms with Gasteiger partial charge in [0.1, 0.15) is 5.75 Å². The summed E-state index contributed by atoms with van der Waals surface area (Å²) in [6, 6.07) is 19.5. The summed E-state index contributed by atoms with van der Waals surface area (Å²) in [6.45, 7) is 8.55. The second-order valence-electron chi connectivity index (χ2n) is 9.16. The van der Waals surface area contributed by atoms with Crippen molar-refractivity contribution >= 4 is 17.4 Å². The summed E-state index contributed by atoms with van der Waals surface area (Å²) in [6.07, 6.45) is 2.43. The maximum absolute atomic E-state index is 12.3. The maximum Gasteiger partial charge on any atom is 0.262 e. The Bertz CT molecular complexity index is 1030. The number of nitrogens with one attached hydrogen (secondary N) is 1. The molecule has 1 aliphatic heterocycles. The predicted molar refractivity (Wildman–Crippen MR) is 128 cm³/mol. The fraction of sp³-hybridized carbons (Fsp3) is 0.346. The van der Waals surface area contributed by atoms with Crippen molar-refractivity contribution in [2.45, 2.75) is 39.0 Å². The van der Waals surface area contributed by atoms with Crippen LogP contribution in [0.25, 0.3) is 11.3 Å². The van der Waals surface area contributed by atoms with Crippen molar-refractivity contribution in [2.24, 2.45) is 0 Å². The molecular formula is C26H30N4O2. The molecule has 1 aromatic heterocycles. The van der Waals surface area contributed by atoms with Crippen LogP contribution in [0.2, 0.25) is 0 Å². The smallest absolute Gasteiger partial charge is 0.262 e. The third-order valence-corrected chi connectivity index (χ3v) is 5.64. The second kappa shape index (κ2) is 9.39. The number of aromatic nitrogens is 2. The summed E-state index contributed by atoms with van der Waals surface area (Å²) in [5.41, 5.74) is 3.80. The first-order chi connectivity index (χ1) is 15.4. The van der Waals surface area contributed by atoms with Gasteiger partial charge in [-0.1, -0.05) is 45.0 Å². The number of anilines is 2. The van der Waals surface area contributed by atoms with Gasteiger partial charge >= 0.3 is 0 Å². The second-order valence-corrected chi connectivity index (χ2v) is 9.16. The zero-order valence-corrected chi connectivity index (χ0v) is 19.0. The normalized spacial score (nSPS) is 13.8. The average Bonchev–Trinajstić information content (AvgIpc) is 3.33. The highest BCUT2D eigenvalue weighted by atomic mass is 16.5. The topological polar surface area (TPSA) is 67.3 Å². The van der Waals surface area contributed by atoms with Gasteiger partial charge in [0.05, 0.1) is 5.69 Å². The number of hydrogen-bond acceptors (Lipinski definition) is 5. The molecule has 1 fully saturated rings. The van der Waals surface area contributed by atoms with Crippen molar-refractivity contribution in [3.8, 4) is 17.0 Å². The van der Waals surface area contributed by atoms with Gasteiger partial charge in [-0.15, -0.1) is 10.2 Å². The third kappa shape index (κ3) is 5.44. The minimum Gasteiger partial charge on any atom is -0.484 e. The first-order valence-electron chi connectivity index (χ1n) is 11.1. The number of amides is 1. The Morgan fingerprint density at radius 2 is 1.62 bits per heavy atom. The quantitative estimate of drug-likeness (QED) is 0.592. The number of nitrogens with zero attached hydrogens (tertiary/aromatic N) is 3. The first-order valence-corrected chi connectivity index (χ1v) is 11.1. The molecular weight excluding hydrogens is 400 g/mol. The minimum atomic E-state index is -0.201. The van der Waals surface area contributed by atoms with E-state index in [2.05, 4.69) is 41.2 Å². The lowest BCUT2D eigenvalue weighted by Gasteiger charge is -2.19. The standard InChI is InChI=1S/C26H30N4O2/c1-26(2,3)20-8-12-22(13-9-20)32-18-25(31)27-21-10-6-19(7-11-21)23-14-15-24(29-28-23)30-16-4-5-17-30/h6-15H,4-5,16-18H2,1-3H3,(H,27,31). The molecule has 32 heavy (non-hydrogen) atoms. The van der Waals surface area contributed by atoms with Crippen LogP contribution in [0.15, 0.2) is 60.7 Å². The third-order valence-electron chi connectivity index (χ3n) is 5.64. The average molecular weight is 431 g/mol. The fourth-order valence-corrected chi connectivity index (χ4v) is 3.72. The van der Waals surface area contributed by atoms with Gasteiger partial charge in [-0.05, 0) is 60.2 Å². The Morgan fingerprint density at radius 1 is 0.938 bits per heavy atom. The van der Waals surface area contributed by atoms with Gasteiger partial charge in [0, 0.05) is 24.3 Å². The van der Waals surface area contributed by atoms with E-state index in [1.54, 1.807) is 0 Å². The Hall–Kier alpha value is -3.41. The molecule has 1 amide bonds. The zero-order valence-electron chi connectivity index (χ0n) is 19.0. The van der Waals surface area contributed by atoms with E-state index in [1.807, 2.05) is 60.7 Å². The SMILES string of the molecule is CC(C)(C)c1ccc(OCC(=O)Nc2ccc(-c3ccc(N4CCCC4)nn3)cc2)cc1. The van der Waals surface area contributed by atoms with Gasteiger partial charge in [-0.3, -0.25) is 4.79 Å². The summed E-state index contributed by atoms with van der Waals surface area (Å²) in [5, 5.41) is 11.6. The molecule has 1 N–H and O–H groups in total. The highest BCUT2D eigenvalue weighted by Gasteiger charge is 2.15. The van der Waals surface area contributed by atoms with E-state index in [4.69, 9.17) is 4.74 Å². The van der Waals surface area contributed by atoms with Crippen LogP contribution in [0, 0.1) is 0 Å². The lowest BCUT2D eigenvalue weighted by Crippen LogP contribution is -2.20. The summed E-state index contributed by atoms with van der Waals surface area (Å²) in [4.78, 5) is 14.5. The first kappa shape index (κ1) is 21.8. The van der Waals surface area contributed by atoms with Gasteiger partial charge < -0.3 is 15.0 Å². The molecule has 0 spiro atoms. The molecule has 1 saturated heterocycles. The van der Waals surface area contributed by atoms with Gasteiger partial charge in [0.2, 0.25) is 0 Å². The predicted octanol–water partition coefficient (Wildman–Crippen LogP) is 5.06. The highest BCUT2D eigenvalue weighted by molar-refractivity contribution is 5.92. The number of carbonyl (C=O) groups excluding carboxylic acids is 1. The van der Waals surface area contributed by atoms with E-state index in [0.717, 1.165) is 30.2 Å². The molecule has 6 nitrogen and oxygen atoms in total. The van der Waals surface area contributed by atoms with Crippen LogP contribution in [-0.2, 0) is 10.2 Å². The van der Waals surface area contributed by atoms with E-state index in [1.165, 1.54) is 18.4 Å². The molecule has 2 aromatic carbocycles. The van der Waals surface area contributed by atoms with E-state index in [9.17, 15) is 4.79 Å². The van der Waals surface area contributed by atoms with Gasteiger partial charge in [0.15, 0.2) is 12.4 Å². The van der Waals surface area contributed by atoms with E-state index in [-0.39, 0.29) is 17.9 Å². The van der Waals surface area contributed by atoms with Gasteiger partial charge in [0.25, 0.3) is 5.91 Å². The lowest BCUT2D eigenvalue weighted by molar-refractivity contribution is -0.118. The van der Waals surface area contributed by atoms with E-state index < -0.39 is 0 Å². The number of benzene rings is 2. The number of carbonyl (C=O) groups is 1. The summed E-state index contributed by atoms with van der Waals surface area (Å²) in [7, 11) is 0. The lowest BCUT2D eigenvalue weighted by atomic mass is 9.87. The van der Waals surface area contributed by atoms with E-state index >= 15 is 0 Å². The Kier molecular flexibility index (Phi) is 6.40. The van der Waals surface area contributed by atoms with Crippen LogP contribution in [0.1, 0.15) is 39.2 Å². The maximum atomic E-state index is 12.3. The van der Waals surface area contributed by atoms with Crippen LogP contribution >= 0.6 is 0 Å². The summed E-state index contributed by atoms with van der Waals surface area (Å²) in [5.74, 6) is 1.41. The Labute approximate surface area is 189 Å². The molecule has 0 bridgehead atoms. The zero-order chi connectivity index (χ0) is 22.6. The molecule has 0 atom stereocenters. The molecule has 0 radical (unpaired) electrons. The highest BCUT2D eigenvalue weighted by Crippen LogP contribution is 2.25. The Balaban J connectivity index is 1.30. The molecule has 0 unspecified atom stereocenters. The Morgan fingerprint density at radius 3 is 2.22 bits per heavy atom. The van der Waals surface area contributed by atoms with E-state index in [0.29, 0.717) is 11.4 Å². The monoisotopic (exact) mass is 430 g/mol. The molecule has 6 heteroatoms. The van der Waals surface area contributed by atoms with Crippen molar-refractivity contribution in [1.82, 2.24) is 10.2 Å². The summed E-state index contributed by atoms with van der Waals surface area (Å²) >= 11 is 0.